The molecule has 2 atom stereocenters. The van der Waals surface area contributed by atoms with E-state index in [1.807, 2.05) is 6.07 Å². The minimum atomic E-state index is -0.960. The van der Waals surface area contributed by atoms with Crippen molar-refractivity contribution in [3.63, 3.8) is 0 Å². The van der Waals surface area contributed by atoms with Crippen molar-refractivity contribution in [3.8, 4) is 0 Å². The van der Waals surface area contributed by atoms with Crippen LogP contribution in [0.3, 0.4) is 0 Å². The first-order valence-corrected chi connectivity index (χ1v) is 8.10. The zero-order valence-electron chi connectivity index (χ0n) is 10.8. The number of halogens is 1. The summed E-state index contributed by atoms with van der Waals surface area (Å²) < 4.78 is 12.7. The van der Waals surface area contributed by atoms with Crippen LogP contribution in [0.15, 0.2) is 29.1 Å². The van der Waals surface area contributed by atoms with Crippen molar-refractivity contribution in [1.29, 1.82) is 0 Å². The van der Waals surface area contributed by atoms with Crippen LogP contribution in [0.5, 0.6) is 0 Å². The maximum absolute atomic E-state index is 12.4. The van der Waals surface area contributed by atoms with Crippen molar-refractivity contribution < 1.29 is 4.21 Å². The molecule has 0 N–H and O–H groups in total. The van der Waals surface area contributed by atoms with Gasteiger partial charge in [0.1, 0.15) is 5.82 Å². The Morgan fingerprint density at radius 3 is 2.74 bits per heavy atom. The van der Waals surface area contributed by atoms with Crippen molar-refractivity contribution in [2.45, 2.75) is 18.8 Å². The van der Waals surface area contributed by atoms with E-state index in [9.17, 15) is 9.00 Å². The lowest BCUT2D eigenvalue weighted by atomic mass is 10.2. The SMILES string of the molecule is CC(Cl)c1nc2ccccc2c(=O)n1CCS(C)=O. The Kier molecular flexibility index (Phi) is 4.37. The number of alkyl halides is 1. The minimum Gasteiger partial charge on any atom is -0.294 e. The second-order valence-electron chi connectivity index (χ2n) is 4.34. The molecule has 0 saturated carbocycles. The van der Waals surface area contributed by atoms with E-state index in [2.05, 4.69) is 4.98 Å². The van der Waals surface area contributed by atoms with Gasteiger partial charge in [-0.1, -0.05) is 12.1 Å². The van der Waals surface area contributed by atoms with Gasteiger partial charge >= 0.3 is 0 Å². The van der Waals surface area contributed by atoms with Gasteiger partial charge in [-0.3, -0.25) is 13.6 Å². The van der Waals surface area contributed by atoms with E-state index in [4.69, 9.17) is 11.6 Å². The first-order chi connectivity index (χ1) is 9.00. The molecule has 0 amide bonds. The second-order valence-corrected chi connectivity index (χ2v) is 6.55. The normalized spacial score (nSPS) is 14.5. The second kappa shape index (κ2) is 5.84. The van der Waals surface area contributed by atoms with E-state index in [1.165, 1.54) is 4.57 Å². The number of rotatable bonds is 4. The fourth-order valence-electron chi connectivity index (χ4n) is 1.92. The van der Waals surface area contributed by atoms with Gasteiger partial charge in [0, 0.05) is 29.4 Å². The Balaban J connectivity index is 2.64. The van der Waals surface area contributed by atoms with Crippen LogP contribution in [0.1, 0.15) is 18.1 Å². The number of fused-ring (bicyclic) bond motifs is 1. The van der Waals surface area contributed by atoms with Crippen molar-refractivity contribution in [2.24, 2.45) is 0 Å². The highest BCUT2D eigenvalue weighted by Gasteiger charge is 2.14. The third-order valence-electron chi connectivity index (χ3n) is 2.85. The van der Waals surface area contributed by atoms with Crippen LogP contribution in [0.25, 0.3) is 10.9 Å². The lowest BCUT2D eigenvalue weighted by Gasteiger charge is -2.14. The smallest absolute Gasteiger partial charge is 0.261 e. The van der Waals surface area contributed by atoms with Crippen molar-refractivity contribution in [3.05, 3.63) is 40.4 Å². The molecule has 0 aliphatic heterocycles. The van der Waals surface area contributed by atoms with Gasteiger partial charge in [0.05, 0.1) is 16.3 Å². The molecule has 0 aliphatic rings. The number of benzene rings is 1. The fourth-order valence-corrected chi connectivity index (χ4v) is 2.53. The number of nitrogens with zero attached hydrogens (tertiary/aromatic N) is 2. The molecule has 1 heterocycles. The Morgan fingerprint density at radius 2 is 2.11 bits per heavy atom. The maximum Gasteiger partial charge on any atom is 0.261 e. The zero-order chi connectivity index (χ0) is 14.0. The minimum absolute atomic E-state index is 0.126. The number of hydrogen-bond donors (Lipinski definition) is 0. The van der Waals surface area contributed by atoms with E-state index in [0.717, 1.165) is 0 Å². The van der Waals surface area contributed by atoms with Gasteiger partial charge < -0.3 is 0 Å². The summed E-state index contributed by atoms with van der Waals surface area (Å²) in [6, 6.07) is 7.18. The summed E-state index contributed by atoms with van der Waals surface area (Å²) in [7, 11) is -0.960. The van der Waals surface area contributed by atoms with Crippen LogP contribution in [0.4, 0.5) is 0 Å². The van der Waals surface area contributed by atoms with E-state index < -0.39 is 10.8 Å². The summed E-state index contributed by atoms with van der Waals surface area (Å²) >= 11 is 6.10. The Bertz CT molecular complexity index is 682. The molecule has 1 aromatic heterocycles. The number of para-hydroxylation sites is 1. The molecule has 2 aromatic rings. The van der Waals surface area contributed by atoms with Crippen LogP contribution in [-0.4, -0.2) is 25.8 Å². The third kappa shape index (κ3) is 3.04. The predicted molar refractivity (Wildman–Crippen MR) is 79.2 cm³/mol. The van der Waals surface area contributed by atoms with Crippen LogP contribution in [0, 0.1) is 0 Å². The Morgan fingerprint density at radius 1 is 1.42 bits per heavy atom. The number of hydrogen-bond acceptors (Lipinski definition) is 3. The molecule has 102 valence electrons. The van der Waals surface area contributed by atoms with Gasteiger partial charge in [0.15, 0.2) is 0 Å². The molecule has 0 fully saturated rings. The number of aromatic nitrogens is 2. The van der Waals surface area contributed by atoms with Gasteiger partial charge in [0.2, 0.25) is 0 Å². The highest BCUT2D eigenvalue weighted by molar-refractivity contribution is 7.84. The molecular formula is C13H15ClN2O2S. The summed E-state index contributed by atoms with van der Waals surface area (Å²) in [6.07, 6.45) is 1.61. The average Bonchev–Trinajstić information content (AvgIpc) is 2.37. The molecule has 19 heavy (non-hydrogen) atoms. The van der Waals surface area contributed by atoms with E-state index in [-0.39, 0.29) is 10.9 Å². The van der Waals surface area contributed by atoms with Gasteiger partial charge in [-0.05, 0) is 19.1 Å². The van der Waals surface area contributed by atoms with Crippen molar-refractivity contribution in [2.75, 3.05) is 12.0 Å². The van der Waals surface area contributed by atoms with Gasteiger partial charge in [-0.2, -0.15) is 0 Å². The molecule has 0 saturated heterocycles. The predicted octanol–water partition coefficient (Wildman–Crippen LogP) is 2.07. The fraction of sp³-hybridized carbons (Fsp3) is 0.385. The third-order valence-corrected chi connectivity index (χ3v) is 3.80. The molecule has 0 aliphatic carbocycles. The Hall–Kier alpha value is -1.20. The van der Waals surface area contributed by atoms with E-state index in [0.29, 0.717) is 29.0 Å². The lowest BCUT2D eigenvalue weighted by Crippen LogP contribution is -2.27. The van der Waals surface area contributed by atoms with Gasteiger partial charge in [-0.15, -0.1) is 11.6 Å². The van der Waals surface area contributed by atoms with Crippen molar-refractivity contribution in [1.82, 2.24) is 9.55 Å². The van der Waals surface area contributed by atoms with Crippen LogP contribution < -0.4 is 5.56 Å². The highest BCUT2D eigenvalue weighted by atomic mass is 35.5. The molecule has 2 rings (SSSR count). The first kappa shape index (κ1) is 14.2. The average molecular weight is 299 g/mol. The quantitative estimate of drug-likeness (QED) is 0.812. The van der Waals surface area contributed by atoms with E-state index >= 15 is 0 Å². The summed E-state index contributed by atoms with van der Waals surface area (Å²) in [5.41, 5.74) is 0.516. The van der Waals surface area contributed by atoms with Crippen molar-refractivity contribution >= 4 is 33.3 Å². The summed E-state index contributed by atoms with van der Waals surface area (Å²) in [5.74, 6) is 0.937. The monoisotopic (exact) mass is 298 g/mol. The molecule has 2 unspecified atom stereocenters. The topological polar surface area (TPSA) is 52.0 Å². The van der Waals surface area contributed by atoms with Gasteiger partial charge in [0.25, 0.3) is 5.56 Å². The van der Waals surface area contributed by atoms with Gasteiger partial charge in [-0.25, -0.2) is 4.98 Å². The highest BCUT2D eigenvalue weighted by Crippen LogP contribution is 2.18. The van der Waals surface area contributed by atoms with Crippen LogP contribution in [-0.2, 0) is 17.3 Å². The molecule has 4 nitrogen and oxygen atoms in total. The standard InChI is InChI=1S/C13H15ClN2O2S/c1-9(14)12-15-11-6-4-3-5-10(11)13(17)16(12)7-8-19(2)18/h3-6,9H,7-8H2,1-2H3. The molecular weight excluding hydrogens is 284 g/mol. The first-order valence-electron chi connectivity index (χ1n) is 5.94. The summed E-state index contributed by atoms with van der Waals surface area (Å²) in [4.78, 5) is 16.9. The van der Waals surface area contributed by atoms with Crippen LogP contribution >= 0.6 is 11.6 Å². The Labute approximate surface area is 118 Å². The molecule has 0 bridgehead atoms. The molecule has 0 spiro atoms. The zero-order valence-corrected chi connectivity index (χ0v) is 12.4. The van der Waals surface area contributed by atoms with E-state index in [1.54, 1.807) is 31.4 Å². The summed E-state index contributed by atoms with van der Waals surface area (Å²) in [6.45, 7) is 2.14. The largest absolute Gasteiger partial charge is 0.294 e. The molecule has 1 aromatic carbocycles. The maximum atomic E-state index is 12.4. The summed E-state index contributed by atoms with van der Waals surface area (Å²) in [5, 5.41) is 0.188. The molecule has 0 radical (unpaired) electrons. The van der Waals surface area contributed by atoms with Crippen LogP contribution in [0.2, 0.25) is 0 Å². The lowest BCUT2D eigenvalue weighted by molar-refractivity contribution is 0.645. The molecule has 6 heteroatoms.